The molecule has 1 aliphatic rings. The van der Waals surface area contributed by atoms with E-state index >= 15 is 0 Å². The van der Waals surface area contributed by atoms with E-state index in [1.807, 2.05) is 0 Å². The van der Waals surface area contributed by atoms with Gasteiger partial charge in [-0.25, -0.2) is 0 Å². The van der Waals surface area contributed by atoms with Crippen LogP contribution in [-0.2, 0) is 0 Å². The predicted octanol–water partition coefficient (Wildman–Crippen LogP) is 0.333. The number of hydrogen-bond acceptors (Lipinski definition) is 2. The van der Waals surface area contributed by atoms with E-state index in [9.17, 15) is 0 Å². The van der Waals surface area contributed by atoms with Gasteiger partial charge in [-0.1, -0.05) is 13.8 Å². The van der Waals surface area contributed by atoms with Gasteiger partial charge in [0.2, 0.25) is 0 Å². The van der Waals surface area contributed by atoms with E-state index in [1.165, 1.54) is 6.42 Å². The molecule has 3 N–H and O–H groups in total. The van der Waals surface area contributed by atoms with Crippen LogP contribution in [0.1, 0.15) is 20.3 Å². The Bertz CT molecular complexity index is 99.1. The number of hydrogen-bond donors (Lipinski definition) is 2. The van der Waals surface area contributed by atoms with Crippen molar-refractivity contribution >= 4 is 0 Å². The second kappa shape index (κ2) is 2.27. The molecule has 54 valence electrons. The molecule has 0 spiro atoms. The molecule has 0 aromatic carbocycles. The summed E-state index contributed by atoms with van der Waals surface area (Å²) in [5.74, 6) is 0. The third-order valence-electron chi connectivity index (χ3n) is 2.31. The zero-order valence-electron chi connectivity index (χ0n) is 6.28. The van der Waals surface area contributed by atoms with Gasteiger partial charge in [0.05, 0.1) is 0 Å². The standard InChI is InChI=1S/C7H16N2/c1-7(2)3-4-9-5-6(7)8/h6,9H,3-5,8H2,1-2H3. The lowest BCUT2D eigenvalue weighted by atomic mass is 9.79. The van der Waals surface area contributed by atoms with Gasteiger partial charge in [-0.2, -0.15) is 0 Å². The van der Waals surface area contributed by atoms with E-state index in [1.54, 1.807) is 0 Å². The van der Waals surface area contributed by atoms with E-state index in [0.29, 0.717) is 11.5 Å². The minimum absolute atomic E-state index is 0.339. The van der Waals surface area contributed by atoms with Crippen molar-refractivity contribution in [2.24, 2.45) is 11.1 Å². The zero-order valence-corrected chi connectivity index (χ0v) is 6.28. The molecular formula is C7H16N2. The van der Waals surface area contributed by atoms with Crippen LogP contribution >= 0.6 is 0 Å². The maximum Gasteiger partial charge on any atom is 0.0217 e. The molecule has 1 heterocycles. The molecule has 2 nitrogen and oxygen atoms in total. The van der Waals surface area contributed by atoms with Crippen molar-refractivity contribution in [3.63, 3.8) is 0 Å². The average molecular weight is 128 g/mol. The molecule has 0 amide bonds. The summed E-state index contributed by atoms with van der Waals surface area (Å²) < 4.78 is 0. The molecule has 1 aliphatic heterocycles. The SMILES string of the molecule is CC1(C)CCNCC1N. The molecular weight excluding hydrogens is 112 g/mol. The first-order valence-electron chi connectivity index (χ1n) is 3.59. The van der Waals surface area contributed by atoms with Gasteiger partial charge in [-0.15, -0.1) is 0 Å². The first-order chi connectivity index (χ1) is 4.13. The highest BCUT2D eigenvalue weighted by atomic mass is 14.9. The molecule has 9 heavy (non-hydrogen) atoms. The summed E-state index contributed by atoms with van der Waals surface area (Å²) in [4.78, 5) is 0. The molecule has 0 aromatic heterocycles. The second-order valence-corrected chi connectivity index (χ2v) is 3.55. The van der Waals surface area contributed by atoms with E-state index in [4.69, 9.17) is 5.73 Å². The Labute approximate surface area is 56.8 Å². The van der Waals surface area contributed by atoms with E-state index in [2.05, 4.69) is 19.2 Å². The molecule has 0 radical (unpaired) electrons. The average Bonchev–Trinajstić information content (AvgIpc) is 1.77. The summed E-state index contributed by atoms with van der Waals surface area (Å²) in [5.41, 5.74) is 6.20. The van der Waals surface area contributed by atoms with Gasteiger partial charge in [-0.3, -0.25) is 0 Å². The first-order valence-corrected chi connectivity index (χ1v) is 3.59. The number of rotatable bonds is 0. The molecule has 1 fully saturated rings. The van der Waals surface area contributed by atoms with Gasteiger partial charge in [0.1, 0.15) is 0 Å². The van der Waals surface area contributed by atoms with Crippen LogP contribution in [0.3, 0.4) is 0 Å². The molecule has 1 rings (SSSR count). The lowest BCUT2D eigenvalue weighted by Crippen LogP contribution is -2.50. The minimum atomic E-state index is 0.339. The monoisotopic (exact) mass is 128 g/mol. The third-order valence-corrected chi connectivity index (χ3v) is 2.31. The summed E-state index contributed by atoms with van der Waals surface area (Å²) in [6, 6.07) is 0.339. The highest BCUT2D eigenvalue weighted by molar-refractivity contribution is 4.87. The van der Waals surface area contributed by atoms with Crippen molar-refractivity contribution in [1.82, 2.24) is 5.32 Å². The van der Waals surface area contributed by atoms with Gasteiger partial charge < -0.3 is 11.1 Å². The Kier molecular flexibility index (Phi) is 1.78. The van der Waals surface area contributed by atoms with E-state index < -0.39 is 0 Å². The Morgan fingerprint density at radius 1 is 1.56 bits per heavy atom. The normalized spacial score (nSPS) is 34.3. The number of piperidine rings is 1. The van der Waals surface area contributed by atoms with Crippen LogP contribution in [-0.4, -0.2) is 19.1 Å². The highest BCUT2D eigenvalue weighted by Gasteiger charge is 2.28. The Hall–Kier alpha value is -0.0800. The summed E-state index contributed by atoms with van der Waals surface area (Å²) in [5, 5.41) is 3.27. The van der Waals surface area contributed by atoms with Gasteiger partial charge >= 0.3 is 0 Å². The maximum atomic E-state index is 5.85. The molecule has 1 unspecified atom stereocenters. The lowest BCUT2D eigenvalue weighted by Gasteiger charge is -2.36. The third kappa shape index (κ3) is 1.43. The fourth-order valence-electron chi connectivity index (χ4n) is 1.13. The predicted molar refractivity (Wildman–Crippen MR) is 39.2 cm³/mol. The van der Waals surface area contributed by atoms with Crippen LogP contribution in [0, 0.1) is 5.41 Å². The molecule has 0 aromatic rings. The Balaban J connectivity index is 2.49. The minimum Gasteiger partial charge on any atom is -0.326 e. The summed E-state index contributed by atoms with van der Waals surface area (Å²) in [6.45, 7) is 6.57. The van der Waals surface area contributed by atoms with Crippen molar-refractivity contribution < 1.29 is 0 Å². The first kappa shape index (κ1) is 7.03. The highest BCUT2D eigenvalue weighted by Crippen LogP contribution is 2.25. The van der Waals surface area contributed by atoms with Crippen LogP contribution in [0.25, 0.3) is 0 Å². The molecule has 0 bridgehead atoms. The Morgan fingerprint density at radius 3 is 2.56 bits per heavy atom. The summed E-state index contributed by atoms with van der Waals surface area (Å²) in [6.07, 6.45) is 1.20. The maximum absolute atomic E-state index is 5.85. The van der Waals surface area contributed by atoms with Crippen LogP contribution in [0.2, 0.25) is 0 Å². The summed E-state index contributed by atoms with van der Waals surface area (Å²) >= 11 is 0. The largest absolute Gasteiger partial charge is 0.326 e. The van der Waals surface area contributed by atoms with Crippen molar-refractivity contribution in [1.29, 1.82) is 0 Å². The number of nitrogens with two attached hydrogens (primary N) is 1. The lowest BCUT2D eigenvalue weighted by molar-refractivity contribution is 0.217. The second-order valence-electron chi connectivity index (χ2n) is 3.55. The van der Waals surface area contributed by atoms with Crippen LogP contribution in [0.5, 0.6) is 0 Å². The van der Waals surface area contributed by atoms with E-state index in [0.717, 1.165) is 13.1 Å². The van der Waals surface area contributed by atoms with Gasteiger partial charge in [0, 0.05) is 12.6 Å². The molecule has 0 aliphatic carbocycles. The van der Waals surface area contributed by atoms with Crippen molar-refractivity contribution in [2.45, 2.75) is 26.3 Å². The smallest absolute Gasteiger partial charge is 0.0217 e. The molecule has 0 saturated carbocycles. The molecule has 2 heteroatoms. The zero-order chi connectivity index (χ0) is 6.91. The fraction of sp³-hybridized carbons (Fsp3) is 1.00. The van der Waals surface area contributed by atoms with Gasteiger partial charge in [0.15, 0.2) is 0 Å². The Morgan fingerprint density at radius 2 is 2.22 bits per heavy atom. The molecule has 1 atom stereocenters. The van der Waals surface area contributed by atoms with Crippen molar-refractivity contribution in [2.75, 3.05) is 13.1 Å². The quantitative estimate of drug-likeness (QED) is 0.493. The topological polar surface area (TPSA) is 38.0 Å². The van der Waals surface area contributed by atoms with Gasteiger partial charge in [-0.05, 0) is 18.4 Å². The number of nitrogens with one attached hydrogen (secondary N) is 1. The molecule has 1 saturated heterocycles. The van der Waals surface area contributed by atoms with Crippen LogP contribution in [0.4, 0.5) is 0 Å². The summed E-state index contributed by atoms with van der Waals surface area (Å²) in [7, 11) is 0. The van der Waals surface area contributed by atoms with Crippen molar-refractivity contribution in [3.05, 3.63) is 0 Å². The van der Waals surface area contributed by atoms with E-state index in [-0.39, 0.29) is 0 Å². The van der Waals surface area contributed by atoms with Gasteiger partial charge in [0.25, 0.3) is 0 Å². The van der Waals surface area contributed by atoms with Crippen LogP contribution < -0.4 is 11.1 Å². The van der Waals surface area contributed by atoms with Crippen molar-refractivity contribution in [3.8, 4) is 0 Å². The van der Waals surface area contributed by atoms with Crippen LogP contribution in [0.15, 0.2) is 0 Å². The fourth-order valence-corrected chi connectivity index (χ4v) is 1.13.